The number of hydrogen-bond donors (Lipinski definition) is 1. The molecular formula is C25H32N4O2S2. The fourth-order valence-corrected chi connectivity index (χ4v) is 6.18. The number of anilines is 1. The standard InChI is InChI=1S/C25H32N4O2S2/c1-3-20(2)33(30,31)27-25-26-23(19-32-25)18-28-14-16-29(17-15-28)24(21-10-6-4-7-11-21)22-12-8-5-9-13-22/h4-13,19-20,24H,3,14-18H2,1-2H3,(H,26,27). The number of hydrogen-bond acceptors (Lipinski definition) is 6. The van der Waals surface area contributed by atoms with E-state index < -0.39 is 15.3 Å². The Kier molecular flexibility index (Phi) is 7.80. The zero-order valence-corrected chi connectivity index (χ0v) is 20.9. The summed E-state index contributed by atoms with van der Waals surface area (Å²) in [5, 5.41) is 1.98. The maximum atomic E-state index is 12.3. The number of benzene rings is 2. The van der Waals surface area contributed by atoms with Crippen LogP contribution in [0, 0.1) is 0 Å². The Balaban J connectivity index is 1.38. The maximum absolute atomic E-state index is 12.3. The molecule has 2 heterocycles. The highest BCUT2D eigenvalue weighted by Crippen LogP contribution is 2.30. The molecule has 6 nitrogen and oxygen atoms in total. The van der Waals surface area contributed by atoms with Gasteiger partial charge in [0.25, 0.3) is 0 Å². The van der Waals surface area contributed by atoms with Gasteiger partial charge in [0.15, 0.2) is 5.13 Å². The van der Waals surface area contributed by atoms with Gasteiger partial charge in [-0.05, 0) is 24.5 Å². The molecule has 1 saturated heterocycles. The van der Waals surface area contributed by atoms with Crippen molar-refractivity contribution < 1.29 is 8.42 Å². The molecular weight excluding hydrogens is 452 g/mol. The molecule has 1 unspecified atom stereocenters. The largest absolute Gasteiger partial charge is 0.295 e. The zero-order chi connectivity index (χ0) is 23.3. The van der Waals surface area contributed by atoms with Crippen LogP contribution in [-0.4, -0.2) is 54.6 Å². The third-order valence-corrected chi connectivity index (χ3v) is 9.08. The van der Waals surface area contributed by atoms with Crippen molar-refractivity contribution in [2.45, 2.75) is 38.1 Å². The number of nitrogens with zero attached hydrogens (tertiary/aromatic N) is 3. The van der Waals surface area contributed by atoms with Gasteiger partial charge in [-0.15, -0.1) is 11.3 Å². The number of nitrogens with one attached hydrogen (secondary N) is 1. The predicted molar refractivity (Wildman–Crippen MR) is 136 cm³/mol. The van der Waals surface area contributed by atoms with Gasteiger partial charge >= 0.3 is 0 Å². The minimum absolute atomic E-state index is 0.246. The molecule has 1 aromatic heterocycles. The summed E-state index contributed by atoms with van der Waals surface area (Å²) in [5.74, 6) is 0. The van der Waals surface area contributed by atoms with E-state index in [0.717, 1.165) is 38.4 Å². The molecule has 3 aromatic rings. The molecule has 0 bridgehead atoms. The van der Waals surface area contributed by atoms with Crippen molar-refractivity contribution in [2.75, 3.05) is 30.9 Å². The highest BCUT2D eigenvalue weighted by atomic mass is 32.2. The van der Waals surface area contributed by atoms with Gasteiger partial charge in [-0.3, -0.25) is 14.5 Å². The summed E-state index contributed by atoms with van der Waals surface area (Å²) in [5.41, 5.74) is 3.54. The predicted octanol–water partition coefficient (Wildman–Crippen LogP) is 4.59. The fraction of sp³-hybridized carbons (Fsp3) is 0.400. The van der Waals surface area contributed by atoms with Gasteiger partial charge in [0.2, 0.25) is 10.0 Å². The van der Waals surface area contributed by atoms with Crippen LogP contribution in [0.5, 0.6) is 0 Å². The minimum Gasteiger partial charge on any atom is -0.295 e. The van der Waals surface area contributed by atoms with Gasteiger partial charge in [0.05, 0.1) is 17.0 Å². The van der Waals surface area contributed by atoms with E-state index in [4.69, 9.17) is 0 Å². The Morgan fingerprint density at radius 1 is 0.970 bits per heavy atom. The van der Waals surface area contributed by atoms with E-state index >= 15 is 0 Å². The van der Waals surface area contributed by atoms with E-state index in [1.165, 1.54) is 22.5 Å². The molecule has 0 spiro atoms. The average Bonchev–Trinajstić information content (AvgIpc) is 3.27. The van der Waals surface area contributed by atoms with Crippen LogP contribution in [0.1, 0.15) is 43.1 Å². The molecule has 176 valence electrons. The van der Waals surface area contributed by atoms with Crippen molar-refractivity contribution in [1.82, 2.24) is 14.8 Å². The van der Waals surface area contributed by atoms with Crippen molar-refractivity contribution in [3.05, 3.63) is 82.9 Å². The van der Waals surface area contributed by atoms with Gasteiger partial charge in [0, 0.05) is 38.1 Å². The van der Waals surface area contributed by atoms with E-state index in [-0.39, 0.29) is 6.04 Å². The first-order valence-corrected chi connectivity index (χ1v) is 13.9. The van der Waals surface area contributed by atoms with Crippen molar-refractivity contribution >= 4 is 26.5 Å². The van der Waals surface area contributed by atoms with Crippen LogP contribution in [0.4, 0.5) is 5.13 Å². The smallest absolute Gasteiger partial charge is 0.237 e. The van der Waals surface area contributed by atoms with Crippen LogP contribution >= 0.6 is 11.3 Å². The molecule has 4 rings (SSSR count). The second kappa shape index (κ2) is 10.8. The van der Waals surface area contributed by atoms with Crippen molar-refractivity contribution in [1.29, 1.82) is 0 Å². The highest BCUT2D eigenvalue weighted by molar-refractivity contribution is 7.93. The van der Waals surface area contributed by atoms with Crippen LogP contribution in [-0.2, 0) is 16.6 Å². The summed E-state index contributed by atoms with van der Waals surface area (Å²) in [7, 11) is -3.38. The number of thiazole rings is 1. The second-order valence-electron chi connectivity index (χ2n) is 8.55. The lowest BCUT2D eigenvalue weighted by Crippen LogP contribution is -2.47. The summed E-state index contributed by atoms with van der Waals surface area (Å²) in [4.78, 5) is 9.47. The Morgan fingerprint density at radius 2 is 1.55 bits per heavy atom. The Hall–Kier alpha value is -2.26. The number of aromatic nitrogens is 1. The van der Waals surface area contributed by atoms with Crippen LogP contribution in [0.3, 0.4) is 0 Å². The molecule has 8 heteroatoms. The molecule has 2 aromatic carbocycles. The van der Waals surface area contributed by atoms with Crippen molar-refractivity contribution in [3.8, 4) is 0 Å². The summed E-state index contributed by atoms with van der Waals surface area (Å²) < 4.78 is 27.2. The molecule has 0 aliphatic carbocycles. The second-order valence-corrected chi connectivity index (χ2v) is 11.5. The topological polar surface area (TPSA) is 65.5 Å². The van der Waals surface area contributed by atoms with E-state index in [9.17, 15) is 8.42 Å². The summed E-state index contributed by atoms with van der Waals surface area (Å²) in [6.07, 6.45) is 0.574. The maximum Gasteiger partial charge on any atom is 0.237 e. The molecule has 1 N–H and O–H groups in total. The first-order chi connectivity index (χ1) is 16.0. The van der Waals surface area contributed by atoms with Crippen molar-refractivity contribution in [2.24, 2.45) is 0 Å². The lowest BCUT2D eigenvalue weighted by atomic mass is 9.96. The molecule has 1 aliphatic heterocycles. The van der Waals surface area contributed by atoms with Crippen LogP contribution in [0.15, 0.2) is 66.0 Å². The average molecular weight is 485 g/mol. The zero-order valence-electron chi connectivity index (χ0n) is 19.2. The first kappa shape index (κ1) is 23.9. The lowest BCUT2D eigenvalue weighted by Gasteiger charge is -2.39. The van der Waals surface area contributed by atoms with Crippen LogP contribution < -0.4 is 4.72 Å². The minimum atomic E-state index is -3.38. The quantitative estimate of drug-likeness (QED) is 0.481. The number of piperazine rings is 1. The summed E-state index contributed by atoms with van der Waals surface area (Å²) >= 11 is 1.35. The Labute approximate surface area is 201 Å². The van der Waals surface area contributed by atoms with Gasteiger partial charge in [-0.1, -0.05) is 67.6 Å². The monoisotopic (exact) mass is 484 g/mol. The lowest BCUT2D eigenvalue weighted by molar-refractivity contribution is 0.104. The van der Waals surface area contributed by atoms with Crippen LogP contribution in [0.25, 0.3) is 0 Å². The van der Waals surface area contributed by atoms with Gasteiger partial charge in [-0.2, -0.15) is 0 Å². The van der Waals surface area contributed by atoms with Crippen LogP contribution in [0.2, 0.25) is 0 Å². The van der Waals surface area contributed by atoms with Crippen molar-refractivity contribution in [3.63, 3.8) is 0 Å². The van der Waals surface area contributed by atoms with Gasteiger partial charge in [0.1, 0.15) is 0 Å². The SMILES string of the molecule is CCC(C)S(=O)(=O)Nc1nc(CN2CCN(C(c3ccccc3)c3ccccc3)CC2)cs1. The fourth-order valence-electron chi connectivity index (χ4n) is 4.16. The first-order valence-electron chi connectivity index (χ1n) is 11.5. The number of sulfonamides is 1. The van der Waals surface area contributed by atoms with Gasteiger partial charge < -0.3 is 0 Å². The molecule has 1 aliphatic rings. The summed E-state index contributed by atoms with van der Waals surface area (Å²) in [6.45, 7) is 8.14. The molecule has 0 saturated carbocycles. The molecule has 0 radical (unpaired) electrons. The Bertz CT molecular complexity index is 1070. The Morgan fingerprint density at radius 3 is 2.09 bits per heavy atom. The highest BCUT2D eigenvalue weighted by Gasteiger charge is 2.27. The summed E-state index contributed by atoms with van der Waals surface area (Å²) in [6, 6.07) is 21.6. The normalized spacial score (nSPS) is 16.7. The van der Waals surface area contributed by atoms with E-state index in [1.807, 2.05) is 12.3 Å². The molecule has 33 heavy (non-hydrogen) atoms. The van der Waals surface area contributed by atoms with Gasteiger partial charge in [-0.25, -0.2) is 13.4 Å². The molecule has 1 fully saturated rings. The van der Waals surface area contributed by atoms with E-state index in [0.29, 0.717) is 11.6 Å². The molecule has 1 atom stereocenters. The van der Waals surface area contributed by atoms with E-state index in [1.54, 1.807) is 6.92 Å². The third kappa shape index (κ3) is 6.00. The number of rotatable bonds is 9. The molecule has 0 amide bonds. The van der Waals surface area contributed by atoms with E-state index in [2.05, 4.69) is 80.2 Å². The third-order valence-electron chi connectivity index (χ3n) is 6.27.